The minimum absolute atomic E-state index is 0.0808. The van der Waals surface area contributed by atoms with Crippen LogP contribution in [-0.2, 0) is 4.79 Å². The van der Waals surface area contributed by atoms with Crippen molar-refractivity contribution in [3.8, 4) is 0 Å². The molecule has 0 fully saturated rings. The van der Waals surface area contributed by atoms with Crippen molar-refractivity contribution in [1.82, 2.24) is 20.2 Å². The highest BCUT2D eigenvalue weighted by atomic mass is 16.4. The van der Waals surface area contributed by atoms with Gasteiger partial charge in [-0.05, 0) is 41.5 Å². The third-order valence-electron chi connectivity index (χ3n) is 3.30. The van der Waals surface area contributed by atoms with Crippen LogP contribution in [0.5, 0.6) is 0 Å². The molecule has 0 radical (unpaired) electrons. The lowest BCUT2D eigenvalue weighted by Gasteiger charge is -2.23. The molecule has 1 aliphatic heterocycles. The van der Waals surface area contributed by atoms with Gasteiger partial charge in [-0.15, -0.1) is 0 Å². The number of benzene rings is 1. The van der Waals surface area contributed by atoms with Crippen LogP contribution in [0.15, 0.2) is 30.0 Å². The number of aromatic nitrogens is 4. The van der Waals surface area contributed by atoms with Gasteiger partial charge in [0, 0.05) is 0 Å². The van der Waals surface area contributed by atoms with E-state index in [9.17, 15) is 9.90 Å². The third-order valence-corrected chi connectivity index (χ3v) is 3.30. The van der Waals surface area contributed by atoms with E-state index in [2.05, 4.69) is 26.9 Å². The maximum atomic E-state index is 11.2. The molecule has 7 heteroatoms. The van der Waals surface area contributed by atoms with Crippen LogP contribution in [0.1, 0.15) is 22.7 Å². The van der Waals surface area contributed by atoms with Gasteiger partial charge in [0.05, 0.1) is 0 Å². The highest BCUT2D eigenvalue weighted by Crippen LogP contribution is 2.29. The molecule has 0 spiro atoms. The lowest BCUT2D eigenvalue weighted by molar-refractivity contribution is -0.132. The predicted molar refractivity (Wildman–Crippen MR) is 71.2 cm³/mol. The van der Waals surface area contributed by atoms with Crippen LogP contribution in [0, 0.1) is 13.8 Å². The SMILES string of the molecule is Cc1ccc(C2C=C(C(=O)O)Nc3nnnn32)c(C)c1. The summed E-state index contributed by atoms with van der Waals surface area (Å²) >= 11 is 0. The number of nitrogens with zero attached hydrogens (tertiary/aromatic N) is 4. The molecule has 1 aromatic carbocycles. The number of carboxylic acids is 1. The number of aryl methyl sites for hydroxylation is 2. The minimum Gasteiger partial charge on any atom is -0.477 e. The van der Waals surface area contributed by atoms with Gasteiger partial charge in [-0.25, -0.2) is 4.79 Å². The lowest BCUT2D eigenvalue weighted by atomic mass is 9.98. The number of aliphatic carboxylic acids is 1. The summed E-state index contributed by atoms with van der Waals surface area (Å²) in [5, 5.41) is 23.2. The van der Waals surface area contributed by atoms with E-state index in [0.717, 1.165) is 16.7 Å². The first kappa shape index (κ1) is 12.3. The molecule has 0 bridgehead atoms. The van der Waals surface area contributed by atoms with Gasteiger partial charge in [0.25, 0.3) is 0 Å². The Balaban J connectivity index is 2.14. The number of carbonyl (C=O) groups is 1. The predicted octanol–water partition coefficient (Wildman–Crippen LogP) is 1.27. The largest absolute Gasteiger partial charge is 0.477 e. The standard InChI is InChI=1S/C13H13N5O2/c1-7-3-4-9(8(2)5-7)11-6-10(12(19)20)14-13-15-16-17-18(11)13/h3-6,11H,1-2H3,(H,19,20)(H,14,15,17). The van der Waals surface area contributed by atoms with Gasteiger partial charge in [0.2, 0.25) is 5.95 Å². The number of rotatable bonds is 2. The Kier molecular flexibility index (Phi) is 2.74. The number of hydrogen-bond donors (Lipinski definition) is 2. The first-order valence-electron chi connectivity index (χ1n) is 6.13. The molecule has 1 atom stereocenters. The second-order valence-electron chi connectivity index (χ2n) is 4.76. The summed E-state index contributed by atoms with van der Waals surface area (Å²) in [6, 6.07) is 5.69. The van der Waals surface area contributed by atoms with E-state index in [4.69, 9.17) is 0 Å². The number of allylic oxidation sites excluding steroid dienone is 1. The van der Waals surface area contributed by atoms with Crippen LogP contribution < -0.4 is 5.32 Å². The van der Waals surface area contributed by atoms with Crippen LogP contribution in [0.2, 0.25) is 0 Å². The Morgan fingerprint density at radius 3 is 2.90 bits per heavy atom. The molecule has 20 heavy (non-hydrogen) atoms. The van der Waals surface area contributed by atoms with Crippen LogP contribution in [0.4, 0.5) is 5.95 Å². The molecule has 1 aliphatic rings. The third kappa shape index (κ3) is 1.93. The maximum Gasteiger partial charge on any atom is 0.352 e. The molecular weight excluding hydrogens is 258 g/mol. The fourth-order valence-corrected chi connectivity index (χ4v) is 2.36. The Bertz CT molecular complexity index is 719. The number of hydrogen-bond acceptors (Lipinski definition) is 5. The van der Waals surface area contributed by atoms with E-state index in [1.165, 1.54) is 0 Å². The number of anilines is 1. The average molecular weight is 271 g/mol. The summed E-state index contributed by atoms with van der Waals surface area (Å²) < 4.78 is 1.57. The quantitative estimate of drug-likeness (QED) is 0.854. The number of tetrazole rings is 1. The molecule has 0 aliphatic carbocycles. The van der Waals surface area contributed by atoms with E-state index in [1.807, 2.05) is 26.0 Å². The Hall–Kier alpha value is -2.70. The van der Waals surface area contributed by atoms with Crippen LogP contribution in [-0.4, -0.2) is 31.3 Å². The van der Waals surface area contributed by atoms with Gasteiger partial charge in [0.15, 0.2) is 0 Å². The fourth-order valence-electron chi connectivity index (χ4n) is 2.36. The van der Waals surface area contributed by atoms with Crippen LogP contribution in [0.3, 0.4) is 0 Å². The normalized spacial score (nSPS) is 17.1. The first-order chi connectivity index (χ1) is 9.56. The fraction of sp³-hybridized carbons (Fsp3) is 0.231. The zero-order valence-corrected chi connectivity index (χ0v) is 11.0. The molecule has 0 saturated carbocycles. The second kappa shape index (κ2) is 4.44. The topological polar surface area (TPSA) is 92.9 Å². The molecular formula is C13H13N5O2. The molecule has 0 saturated heterocycles. The zero-order chi connectivity index (χ0) is 14.3. The summed E-state index contributed by atoms with van der Waals surface area (Å²) in [7, 11) is 0. The van der Waals surface area contributed by atoms with Gasteiger partial charge in [0.1, 0.15) is 11.7 Å². The van der Waals surface area contributed by atoms with Gasteiger partial charge >= 0.3 is 5.97 Å². The van der Waals surface area contributed by atoms with E-state index in [1.54, 1.807) is 10.8 Å². The molecule has 1 unspecified atom stereocenters. The molecule has 2 heterocycles. The average Bonchev–Trinajstić information content (AvgIpc) is 2.86. The summed E-state index contributed by atoms with van der Waals surface area (Å²) in [6.07, 6.45) is 1.61. The molecule has 2 N–H and O–H groups in total. The lowest BCUT2D eigenvalue weighted by Crippen LogP contribution is -2.24. The molecule has 7 nitrogen and oxygen atoms in total. The van der Waals surface area contributed by atoms with Crippen molar-refractivity contribution in [2.45, 2.75) is 19.9 Å². The van der Waals surface area contributed by atoms with Crippen molar-refractivity contribution in [3.05, 3.63) is 46.7 Å². The van der Waals surface area contributed by atoms with Crippen LogP contribution in [0.25, 0.3) is 0 Å². The van der Waals surface area contributed by atoms with Gasteiger partial charge in [-0.3, -0.25) is 0 Å². The van der Waals surface area contributed by atoms with Crippen molar-refractivity contribution in [3.63, 3.8) is 0 Å². The maximum absolute atomic E-state index is 11.2. The molecule has 102 valence electrons. The molecule has 3 rings (SSSR count). The minimum atomic E-state index is -1.03. The highest BCUT2D eigenvalue weighted by Gasteiger charge is 2.27. The molecule has 0 amide bonds. The second-order valence-corrected chi connectivity index (χ2v) is 4.76. The van der Waals surface area contributed by atoms with Gasteiger partial charge < -0.3 is 10.4 Å². The smallest absolute Gasteiger partial charge is 0.352 e. The Morgan fingerprint density at radius 2 is 2.20 bits per heavy atom. The van der Waals surface area contributed by atoms with Gasteiger partial charge in [-0.1, -0.05) is 28.9 Å². The van der Waals surface area contributed by atoms with Crippen molar-refractivity contribution in [2.75, 3.05) is 5.32 Å². The summed E-state index contributed by atoms with van der Waals surface area (Å²) in [5.41, 5.74) is 3.28. The van der Waals surface area contributed by atoms with Crippen molar-refractivity contribution in [2.24, 2.45) is 0 Å². The molecule has 2 aromatic rings. The van der Waals surface area contributed by atoms with Crippen molar-refractivity contribution in [1.29, 1.82) is 0 Å². The highest BCUT2D eigenvalue weighted by molar-refractivity contribution is 5.90. The van der Waals surface area contributed by atoms with Crippen molar-refractivity contribution >= 4 is 11.9 Å². The zero-order valence-electron chi connectivity index (χ0n) is 11.0. The monoisotopic (exact) mass is 271 g/mol. The number of fused-ring (bicyclic) bond motifs is 1. The van der Waals surface area contributed by atoms with Gasteiger partial charge in [-0.2, -0.15) is 4.68 Å². The van der Waals surface area contributed by atoms with Crippen molar-refractivity contribution < 1.29 is 9.90 Å². The van der Waals surface area contributed by atoms with Crippen LogP contribution >= 0.6 is 0 Å². The van der Waals surface area contributed by atoms with E-state index in [-0.39, 0.29) is 11.7 Å². The summed E-state index contributed by atoms with van der Waals surface area (Å²) in [5.74, 6) is -0.705. The van der Waals surface area contributed by atoms with E-state index < -0.39 is 5.97 Å². The first-order valence-corrected chi connectivity index (χ1v) is 6.13. The Morgan fingerprint density at radius 1 is 1.40 bits per heavy atom. The summed E-state index contributed by atoms with van der Waals surface area (Å²) in [4.78, 5) is 11.2. The Labute approximate surface area is 114 Å². The number of carboxylic acid groups (broad SMARTS) is 1. The summed E-state index contributed by atoms with van der Waals surface area (Å²) in [6.45, 7) is 4.00. The van der Waals surface area contributed by atoms with E-state index >= 15 is 0 Å². The molecule has 1 aromatic heterocycles. The number of nitrogens with one attached hydrogen (secondary N) is 1. The van der Waals surface area contributed by atoms with E-state index in [0.29, 0.717) is 5.95 Å².